The zero-order valence-electron chi connectivity index (χ0n) is 14.9. The zero-order chi connectivity index (χ0) is 18.9. The minimum atomic E-state index is -0.402. The first-order valence-electron chi connectivity index (χ1n) is 8.30. The molecule has 0 atom stereocenters. The molecule has 1 amide bonds. The van der Waals surface area contributed by atoms with Crippen LogP contribution in [0.1, 0.15) is 28.8 Å². The summed E-state index contributed by atoms with van der Waals surface area (Å²) in [6, 6.07) is 10.9. The van der Waals surface area contributed by atoms with E-state index in [-0.39, 0.29) is 18.2 Å². The van der Waals surface area contributed by atoms with E-state index < -0.39 is 5.82 Å². The second-order valence-electron chi connectivity index (χ2n) is 5.75. The van der Waals surface area contributed by atoms with Crippen molar-refractivity contribution in [2.24, 2.45) is 0 Å². The van der Waals surface area contributed by atoms with Gasteiger partial charge in [-0.1, -0.05) is 6.07 Å². The molecule has 0 radical (unpaired) electrons. The molecule has 2 aromatic carbocycles. The van der Waals surface area contributed by atoms with Gasteiger partial charge in [-0.15, -0.1) is 0 Å². The second-order valence-corrected chi connectivity index (χ2v) is 5.75. The summed E-state index contributed by atoms with van der Waals surface area (Å²) in [7, 11) is 3.16. The van der Waals surface area contributed by atoms with Gasteiger partial charge in [-0.3, -0.25) is 9.59 Å². The van der Waals surface area contributed by atoms with Crippen LogP contribution >= 0.6 is 0 Å². The van der Waals surface area contributed by atoms with Gasteiger partial charge in [0.05, 0.1) is 20.8 Å². The van der Waals surface area contributed by atoms with Crippen molar-refractivity contribution in [1.29, 1.82) is 0 Å². The van der Waals surface area contributed by atoms with Gasteiger partial charge in [-0.05, 0) is 54.8 Å². The van der Waals surface area contributed by atoms with Gasteiger partial charge in [0.1, 0.15) is 5.82 Å². The fraction of sp³-hybridized carbons (Fsp3) is 0.300. The Morgan fingerprint density at radius 3 is 2.35 bits per heavy atom. The summed E-state index contributed by atoms with van der Waals surface area (Å²) < 4.78 is 23.3. The van der Waals surface area contributed by atoms with E-state index in [1.54, 1.807) is 14.2 Å². The first kappa shape index (κ1) is 19.4. The number of Topliss-reactive ketones (excluding diaryl/α,β-unsaturated/α-hetero) is 1. The third-order valence-corrected chi connectivity index (χ3v) is 3.93. The molecular formula is C20H22FNO4. The quantitative estimate of drug-likeness (QED) is 0.699. The molecule has 0 aliphatic rings. The highest BCUT2D eigenvalue weighted by molar-refractivity contribution is 5.99. The largest absolute Gasteiger partial charge is 0.493 e. The van der Waals surface area contributed by atoms with Crippen LogP contribution in [0.2, 0.25) is 0 Å². The van der Waals surface area contributed by atoms with Gasteiger partial charge in [0, 0.05) is 12.0 Å². The lowest BCUT2D eigenvalue weighted by atomic mass is 10.1. The molecule has 0 spiro atoms. The van der Waals surface area contributed by atoms with Gasteiger partial charge in [0.15, 0.2) is 17.3 Å². The second kappa shape index (κ2) is 9.56. The van der Waals surface area contributed by atoms with Gasteiger partial charge in [0.2, 0.25) is 5.91 Å². The Bertz CT molecular complexity index is 759. The normalized spacial score (nSPS) is 10.3. The summed E-state index contributed by atoms with van der Waals surface area (Å²) in [6.07, 6.45) is 1.66. The van der Waals surface area contributed by atoms with Crippen molar-refractivity contribution < 1.29 is 23.5 Å². The average molecular weight is 359 g/mol. The maximum atomic E-state index is 12.8. The molecule has 0 aliphatic carbocycles. The minimum absolute atomic E-state index is 0.0964. The lowest BCUT2D eigenvalue weighted by Gasteiger charge is -2.09. The third kappa shape index (κ3) is 5.58. The number of benzene rings is 2. The average Bonchev–Trinajstić information content (AvgIpc) is 2.66. The number of nitrogens with one attached hydrogen (secondary N) is 1. The molecule has 0 aromatic heterocycles. The molecule has 0 saturated heterocycles. The Hall–Kier alpha value is -2.89. The van der Waals surface area contributed by atoms with Crippen molar-refractivity contribution in [3.8, 4) is 11.5 Å². The summed E-state index contributed by atoms with van der Waals surface area (Å²) in [5.74, 6) is 0.465. The van der Waals surface area contributed by atoms with Crippen LogP contribution < -0.4 is 14.8 Å². The van der Waals surface area contributed by atoms with Crippen molar-refractivity contribution in [2.75, 3.05) is 20.8 Å². The van der Waals surface area contributed by atoms with E-state index >= 15 is 0 Å². The summed E-state index contributed by atoms with van der Waals surface area (Å²) >= 11 is 0. The van der Waals surface area contributed by atoms with Crippen molar-refractivity contribution in [2.45, 2.75) is 19.3 Å². The van der Waals surface area contributed by atoms with E-state index in [2.05, 4.69) is 5.32 Å². The standard InChI is InChI=1S/C20H22FNO4/c1-25-18-11-6-14(12-19(18)26-2)4-3-5-20(24)22-13-17(23)15-7-9-16(21)10-8-15/h6-12H,3-5,13H2,1-2H3,(H,22,24). The van der Waals surface area contributed by atoms with E-state index in [1.165, 1.54) is 24.3 Å². The third-order valence-electron chi connectivity index (χ3n) is 3.93. The molecule has 26 heavy (non-hydrogen) atoms. The van der Waals surface area contributed by atoms with Crippen LogP contribution in [-0.4, -0.2) is 32.5 Å². The molecule has 2 aromatic rings. The highest BCUT2D eigenvalue weighted by Gasteiger charge is 2.09. The Morgan fingerprint density at radius 2 is 1.69 bits per heavy atom. The molecule has 6 heteroatoms. The van der Waals surface area contributed by atoms with E-state index in [9.17, 15) is 14.0 Å². The number of carbonyl (C=O) groups excluding carboxylic acids is 2. The summed E-state index contributed by atoms with van der Waals surface area (Å²) in [4.78, 5) is 23.8. The van der Waals surface area contributed by atoms with Crippen LogP contribution in [0.5, 0.6) is 11.5 Å². The van der Waals surface area contributed by atoms with E-state index in [0.29, 0.717) is 36.3 Å². The van der Waals surface area contributed by atoms with Crippen molar-refractivity contribution in [3.05, 3.63) is 59.4 Å². The smallest absolute Gasteiger partial charge is 0.220 e. The molecule has 0 heterocycles. The minimum Gasteiger partial charge on any atom is -0.493 e. The number of ether oxygens (including phenoxy) is 2. The summed E-state index contributed by atoms with van der Waals surface area (Å²) in [5, 5.41) is 2.60. The Labute approximate surface area is 152 Å². The lowest BCUT2D eigenvalue weighted by Crippen LogP contribution is -2.29. The molecule has 5 nitrogen and oxygen atoms in total. The molecule has 138 valence electrons. The maximum Gasteiger partial charge on any atom is 0.220 e. The highest BCUT2D eigenvalue weighted by atomic mass is 19.1. The monoisotopic (exact) mass is 359 g/mol. The number of aryl methyl sites for hydroxylation is 1. The molecule has 1 N–H and O–H groups in total. The Kier molecular flexibility index (Phi) is 7.14. The molecule has 2 rings (SSSR count). The fourth-order valence-corrected chi connectivity index (χ4v) is 2.49. The van der Waals surface area contributed by atoms with Gasteiger partial charge in [0.25, 0.3) is 0 Å². The highest BCUT2D eigenvalue weighted by Crippen LogP contribution is 2.28. The Morgan fingerprint density at radius 1 is 1.00 bits per heavy atom. The number of rotatable bonds is 9. The molecule has 0 unspecified atom stereocenters. The van der Waals surface area contributed by atoms with Crippen LogP contribution in [0.4, 0.5) is 4.39 Å². The van der Waals surface area contributed by atoms with Crippen LogP contribution in [-0.2, 0) is 11.2 Å². The number of halogens is 1. The number of amides is 1. The maximum absolute atomic E-state index is 12.8. The Balaban J connectivity index is 1.75. The van der Waals surface area contributed by atoms with E-state index in [4.69, 9.17) is 9.47 Å². The van der Waals surface area contributed by atoms with Crippen molar-refractivity contribution >= 4 is 11.7 Å². The summed E-state index contributed by atoms with van der Waals surface area (Å²) in [6.45, 7) is -0.0964. The van der Waals surface area contributed by atoms with Gasteiger partial charge < -0.3 is 14.8 Å². The summed E-state index contributed by atoms with van der Waals surface area (Å²) in [5.41, 5.74) is 1.41. The van der Waals surface area contributed by atoms with Gasteiger partial charge in [-0.2, -0.15) is 0 Å². The van der Waals surface area contributed by atoms with E-state index in [1.807, 2.05) is 18.2 Å². The van der Waals surface area contributed by atoms with Crippen LogP contribution in [0.3, 0.4) is 0 Å². The topological polar surface area (TPSA) is 64.6 Å². The van der Waals surface area contributed by atoms with Crippen molar-refractivity contribution in [3.63, 3.8) is 0 Å². The predicted molar refractivity (Wildman–Crippen MR) is 96.2 cm³/mol. The van der Waals surface area contributed by atoms with E-state index in [0.717, 1.165) is 5.56 Å². The predicted octanol–water partition coefficient (Wildman–Crippen LogP) is 3.16. The number of ketones is 1. The number of methoxy groups -OCH3 is 2. The molecule has 0 saturated carbocycles. The first-order valence-corrected chi connectivity index (χ1v) is 8.30. The number of hydrogen-bond donors (Lipinski definition) is 1. The zero-order valence-corrected chi connectivity index (χ0v) is 14.9. The molecule has 0 aliphatic heterocycles. The van der Waals surface area contributed by atoms with Gasteiger partial charge >= 0.3 is 0 Å². The van der Waals surface area contributed by atoms with Crippen LogP contribution in [0.25, 0.3) is 0 Å². The SMILES string of the molecule is COc1ccc(CCCC(=O)NCC(=O)c2ccc(F)cc2)cc1OC. The first-order chi connectivity index (χ1) is 12.5. The molecule has 0 bridgehead atoms. The fourth-order valence-electron chi connectivity index (χ4n) is 2.49. The van der Waals surface area contributed by atoms with Crippen LogP contribution in [0, 0.1) is 5.82 Å². The number of hydrogen-bond acceptors (Lipinski definition) is 4. The van der Waals surface area contributed by atoms with Crippen molar-refractivity contribution in [1.82, 2.24) is 5.32 Å². The molecule has 0 fully saturated rings. The van der Waals surface area contributed by atoms with Gasteiger partial charge in [-0.25, -0.2) is 4.39 Å². The molecular weight excluding hydrogens is 337 g/mol. The lowest BCUT2D eigenvalue weighted by molar-refractivity contribution is -0.121. The number of carbonyl (C=O) groups is 2. The van der Waals surface area contributed by atoms with Crippen LogP contribution in [0.15, 0.2) is 42.5 Å².